The zero-order valence-corrected chi connectivity index (χ0v) is 13.2. The number of benzene rings is 1. The minimum atomic E-state index is -0.402. The van der Waals surface area contributed by atoms with Gasteiger partial charge in [-0.05, 0) is 43.0 Å². The van der Waals surface area contributed by atoms with Crippen molar-refractivity contribution in [3.05, 3.63) is 47.9 Å². The second kappa shape index (κ2) is 7.10. The summed E-state index contributed by atoms with van der Waals surface area (Å²) < 4.78 is 5.65. The summed E-state index contributed by atoms with van der Waals surface area (Å²) >= 11 is 0. The summed E-state index contributed by atoms with van der Waals surface area (Å²) in [6.45, 7) is 2.59. The molecule has 118 valence electrons. The maximum atomic E-state index is 8.98. The van der Waals surface area contributed by atoms with Crippen LogP contribution >= 0.6 is 0 Å². The van der Waals surface area contributed by atoms with Gasteiger partial charge in [0.15, 0.2) is 6.10 Å². The maximum Gasteiger partial charge on any atom is 0.184 e. The van der Waals surface area contributed by atoms with Crippen LogP contribution in [-0.2, 0) is 6.54 Å². The van der Waals surface area contributed by atoms with Gasteiger partial charge in [-0.15, -0.1) is 0 Å². The van der Waals surface area contributed by atoms with E-state index in [0.717, 1.165) is 23.0 Å². The van der Waals surface area contributed by atoms with Crippen molar-refractivity contribution in [2.24, 2.45) is 0 Å². The molecule has 5 heteroatoms. The molecule has 2 aromatic rings. The first-order valence-electron chi connectivity index (χ1n) is 8.00. The molecular weight excluding hydrogens is 288 g/mol. The van der Waals surface area contributed by atoms with Crippen LogP contribution in [0.2, 0.25) is 0 Å². The predicted octanol–water partition coefficient (Wildman–Crippen LogP) is 3.65. The number of nitrogens with one attached hydrogen (secondary N) is 1. The molecule has 1 N–H and O–H groups in total. The van der Waals surface area contributed by atoms with Crippen molar-refractivity contribution >= 4 is 5.82 Å². The van der Waals surface area contributed by atoms with Crippen LogP contribution < -0.4 is 10.1 Å². The van der Waals surface area contributed by atoms with Gasteiger partial charge in [0.1, 0.15) is 23.5 Å². The van der Waals surface area contributed by atoms with Crippen LogP contribution in [0.4, 0.5) is 5.82 Å². The standard InChI is InChI=1S/C18H20N4O/c1-2-15(11-19)23-16-5-3-4-13(10-16)12-21-17-8-9-20-18(22-17)14-6-7-14/h3-5,8-10,14-15H,2,6-7,12H2,1H3,(H,20,21,22). The Bertz CT molecular complexity index is 706. The number of aromatic nitrogens is 2. The number of nitriles is 1. The van der Waals surface area contributed by atoms with E-state index in [9.17, 15) is 0 Å². The average Bonchev–Trinajstić information content (AvgIpc) is 3.44. The Balaban J connectivity index is 1.62. The molecule has 0 saturated heterocycles. The third-order valence-corrected chi connectivity index (χ3v) is 3.78. The molecule has 5 nitrogen and oxygen atoms in total. The summed E-state index contributed by atoms with van der Waals surface area (Å²) in [5.74, 6) is 3.05. The van der Waals surface area contributed by atoms with Crippen molar-refractivity contribution in [1.29, 1.82) is 5.26 Å². The molecule has 1 saturated carbocycles. The smallest absolute Gasteiger partial charge is 0.184 e. The lowest BCUT2D eigenvalue weighted by Gasteiger charge is -2.12. The Morgan fingerprint density at radius 2 is 2.26 bits per heavy atom. The Morgan fingerprint density at radius 1 is 1.39 bits per heavy atom. The molecule has 1 aromatic carbocycles. The second-order valence-electron chi connectivity index (χ2n) is 5.72. The fraction of sp³-hybridized carbons (Fsp3) is 0.389. The fourth-order valence-electron chi connectivity index (χ4n) is 2.30. The molecule has 1 unspecified atom stereocenters. The van der Waals surface area contributed by atoms with Gasteiger partial charge in [0.25, 0.3) is 0 Å². The van der Waals surface area contributed by atoms with Crippen molar-refractivity contribution in [3.8, 4) is 11.8 Å². The molecule has 1 heterocycles. The van der Waals surface area contributed by atoms with Gasteiger partial charge in [-0.3, -0.25) is 0 Å². The largest absolute Gasteiger partial charge is 0.476 e. The first-order chi connectivity index (χ1) is 11.3. The van der Waals surface area contributed by atoms with Crippen molar-refractivity contribution in [2.75, 3.05) is 5.32 Å². The normalized spacial score (nSPS) is 14.8. The first kappa shape index (κ1) is 15.3. The van der Waals surface area contributed by atoms with Gasteiger partial charge in [0.05, 0.1) is 0 Å². The van der Waals surface area contributed by atoms with E-state index in [1.807, 2.05) is 37.3 Å². The van der Waals surface area contributed by atoms with E-state index in [0.29, 0.717) is 18.9 Å². The van der Waals surface area contributed by atoms with Crippen molar-refractivity contribution in [3.63, 3.8) is 0 Å². The van der Waals surface area contributed by atoms with E-state index in [-0.39, 0.29) is 0 Å². The molecule has 0 spiro atoms. The van der Waals surface area contributed by atoms with Crippen LogP contribution in [0.5, 0.6) is 5.75 Å². The van der Waals surface area contributed by atoms with Crippen LogP contribution in [0.1, 0.15) is 43.5 Å². The van der Waals surface area contributed by atoms with Crippen molar-refractivity contribution in [2.45, 2.75) is 44.8 Å². The fourth-order valence-corrected chi connectivity index (χ4v) is 2.30. The quantitative estimate of drug-likeness (QED) is 0.845. The second-order valence-corrected chi connectivity index (χ2v) is 5.72. The molecule has 1 atom stereocenters. The van der Waals surface area contributed by atoms with E-state index in [4.69, 9.17) is 10.00 Å². The van der Waals surface area contributed by atoms with Gasteiger partial charge in [0.2, 0.25) is 0 Å². The van der Waals surface area contributed by atoms with E-state index >= 15 is 0 Å². The maximum absolute atomic E-state index is 8.98. The van der Waals surface area contributed by atoms with Crippen LogP contribution in [0.15, 0.2) is 36.5 Å². The highest BCUT2D eigenvalue weighted by Crippen LogP contribution is 2.38. The zero-order chi connectivity index (χ0) is 16.1. The summed E-state index contributed by atoms with van der Waals surface area (Å²) in [6, 6.07) is 11.8. The van der Waals surface area contributed by atoms with Crippen LogP contribution in [0, 0.1) is 11.3 Å². The molecule has 0 bridgehead atoms. The van der Waals surface area contributed by atoms with Gasteiger partial charge < -0.3 is 10.1 Å². The zero-order valence-electron chi connectivity index (χ0n) is 13.2. The lowest BCUT2D eigenvalue weighted by atomic mass is 10.2. The first-order valence-corrected chi connectivity index (χ1v) is 8.00. The predicted molar refractivity (Wildman–Crippen MR) is 88.1 cm³/mol. The van der Waals surface area contributed by atoms with Gasteiger partial charge in [-0.25, -0.2) is 9.97 Å². The van der Waals surface area contributed by atoms with Crippen LogP contribution in [-0.4, -0.2) is 16.1 Å². The van der Waals surface area contributed by atoms with Crippen molar-refractivity contribution in [1.82, 2.24) is 9.97 Å². The summed E-state index contributed by atoms with van der Waals surface area (Å²) in [6.07, 6.45) is 4.47. The molecule has 1 aliphatic carbocycles. The number of rotatable bonds is 7. The Hall–Kier alpha value is -2.61. The van der Waals surface area contributed by atoms with Gasteiger partial charge in [-0.2, -0.15) is 5.26 Å². The highest BCUT2D eigenvalue weighted by Gasteiger charge is 2.26. The molecule has 1 aliphatic rings. The summed E-state index contributed by atoms with van der Waals surface area (Å²) in [7, 11) is 0. The minimum Gasteiger partial charge on any atom is -0.476 e. The topological polar surface area (TPSA) is 70.8 Å². The molecule has 0 radical (unpaired) electrons. The summed E-state index contributed by atoms with van der Waals surface area (Å²) in [5, 5.41) is 12.3. The number of nitrogens with zero attached hydrogens (tertiary/aromatic N) is 3. The number of ether oxygens (including phenoxy) is 1. The van der Waals surface area contributed by atoms with E-state index in [1.165, 1.54) is 12.8 Å². The summed E-state index contributed by atoms with van der Waals surface area (Å²) in [5.41, 5.74) is 1.09. The SMILES string of the molecule is CCC(C#N)Oc1cccc(CNc2ccnc(C3CC3)n2)c1. The number of hydrogen-bond acceptors (Lipinski definition) is 5. The Labute approximate surface area is 136 Å². The van der Waals surface area contributed by atoms with Crippen molar-refractivity contribution < 1.29 is 4.74 Å². The van der Waals surface area contributed by atoms with E-state index in [1.54, 1.807) is 6.20 Å². The van der Waals surface area contributed by atoms with E-state index < -0.39 is 6.10 Å². The van der Waals surface area contributed by atoms with Gasteiger partial charge in [-0.1, -0.05) is 19.1 Å². The molecule has 0 amide bonds. The van der Waals surface area contributed by atoms with Crippen LogP contribution in [0.25, 0.3) is 0 Å². The molecule has 0 aliphatic heterocycles. The highest BCUT2D eigenvalue weighted by molar-refractivity contribution is 5.37. The van der Waals surface area contributed by atoms with Gasteiger partial charge >= 0.3 is 0 Å². The third-order valence-electron chi connectivity index (χ3n) is 3.78. The molecular formula is C18H20N4O. The van der Waals surface area contributed by atoms with E-state index in [2.05, 4.69) is 21.4 Å². The molecule has 3 rings (SSSR count). The third kappa shape index (κ3) is 4.19. The lowest BCUT2D eigenvalue weighted by Crippen LogP contribution is -2.12. The number of hydrogen-bond donors (Lipinski definition) is 1. The lowest BCUT2D eigenvalue weighted by molar-refractivity contribution is 0.251. The summed E-state index contributed by atoms with van der Waals surface area (Å²) in [4.78, 5) is 8.87. The van der Waals surface area contributed by atoms with Crippen LogP contribution in [0.3, 0.4) is 0 Å². The molecule has 23 heavy (non-hydrogen) atoms. The average molecular weight is 308 g/mol. The number of anilines is 1. The highest BCUT2D eigenvalue weighted by atomic mass is 16.5. The minimum absolute atomic E-state index is 0.402. The Kier molecular flexibility index (Phi) is 4.72. The van der Waals surface area contributed by atoms with Gasteiger partial charge in [0, 0.05) is 18.7 Å². The Morgan fingerprint density at radius 3 is 3.00 bits per heavy atom. The monoisotopic (exact) mass is 308 g/mol. The molecule has 1 aromatic heterocycles. The molecule has 1 fully saturated rings.